The number of amides is 1. The van der Waals surface area contributed by atoms with Crippen LogP contribution >= 0.6 is 0 Å². The lowest BCUT2D eigenvalue weighted by atomic mass is 9.89. The summed E-state index contributed by atoms with van der Waals surface area (Å²) in [7, 11) is 1.57. The Morgan fingerprint density at radius 1 is 1.31 bits per heavy atom. The van der Waals surface area contributed by atoms with Gasteiger partial charge < -0.3 is 20.4 Å². The molecule has 0 unspecified atom stereocenters. The fourth-order valence-electron chi connectivity index (χ4n) is 3.76. The molecule has 0 spiro atoms. The number of anilines is 1. The van der Waals surface area contributed by atoms with Crippen LogP contribution in [0, 0.1) is 0 Å². The highest BCUT2D eigenvalue weighted by molar-refractivity contribution is 5.95. The van der Waals surface area contributed by atoms with Crippen molar-refractivity contribution in [3.8, 4) is 5.75 Å². The van der Waals surface area contributed by atoms with E-state index < -0.39 is 0 Å². The smallest absolute Gasteiger partial charge is 0.253 e. The van der Waals surface area contributed by atoms with Crippen molar-refractivity contribution in [3.63, 3.8) is 0 Å². The van der Waals surface area contributed by atoms with Gasteiger partial charge in [-0.2, -0.15) is 0 Å². The molecule has 4 rings (SSSR count). The summed E-state index contributed by atoms with van der Waals surface area (Å²) < 4.78 is 5.16. The minimum Gasteiger partial charge on any atom is -0.495 e. The highest BCUT2D eigenvalue weighted by Crippen LogP contribution is 2.33. The quantitative estimate of drug-likeness (QED) is 0.711. The van der Waals surface area contributed by atoms with Gasteiger partial charge in [0.05, 0.1) is 12.8 Å². The van der Waals surface area contributed by atoms with Gasteiger partial charge in [0, 0.05) is 36.4 Å². The van der Waals surface area contributed by atoms with Crippen LogP contribution in [-0.4, -0.2) is 41.0 Å². The molecule has 3 N–H and O–H groups in total. The summed E-state index contributed by atoms with van der Waals surface area (Å²) in [5.41, 5.74) is 9.25. The molecule has 26 heavy (non-hydrogen) atoms. The SMILES string of the molecule is COc1ccc(C(=O)N2CCC(c3c[nH]c4ncccc34)CC2)cc1N. The third-order valence-electron chi connectivity index (χ3n) is 5.18. The van der Waals surface area contributed by atoms with Crippen LogP contribution in [0.3, 0.4) is 0 Å². The number of nitrogens with one attached hydrogen (secondary N) is 1. The molecule has 1 saturated heterocycles. The maximum Gasteiger partial charge on any atom is 0.253 e. The molecular weight excluding hydrogens is 328 g/mol. The number of ether oxygens (including phenoxy) is 1. The van der Waals surface area contributed by atoms with E-state index in [9.17, 15) is 4.79 Å². The van der Waals surface area contributed by atoms with Crippen molar-refractivity contribution in [2.75, 3.05) is 25.9 Å². The largest absolute Gasteiger partial charge is 0.495 e. The lowest BCUT2D eigenvalue weighted by Gasteiger charge is -2.32. The molecule has 6 heteroatoms. The fourth-order valence-corrected chi connectivity index (χ4v) is 3.76. The lowest BCUT2D eigenvalue weighted by Crippen LogP contribution is -2.37. The summed E-state index contributed by atoms with van der Waals surface area (Å²) in [6.45, 7) is 1.48. The molecule has 1 fully saturated rings. The number of hydrogen-bond donors (Lipinski definition) is 2. The number of aromatic amines is 1. The van der Waals surface area contributed by atoms with Gasteiger partial charge in [-0.15, -0.1) is 0 Å². The van der Waals surface area contributed by atoms with Crippen LogP contribution in [0.25, 0.3) is 11.0 Å². The third kappa shape index (κ3) is 2.87. The molecular formula is C20H22N4O2. The van der Waals surface area contributed by atoms with Gasteiger partial charge in [0.25, 0.3) is 5.91 Å². The Kier molecular flexibility index (Phi) is 4.24. The Balaban J connectivity index is 1.46. The maximum atomic E-state index is 12.8. The van der Waals surface area contributed by atoms with E-state index in [2.05, 4.69) is 22.2 Å². The second kappa shape index (κ2) is 6.71. The van der Waals surface area contributed by atoms with E-state index in [1.807, 2.05) is 11.0 Å². The second-order valence-corrected chi connectivity index (χ2v) is 6.67. The van der Waals surface area contributed by atoms with Crippen molar-refractivity contribution in [1.82, 2.24) is 14.9 Å². The number of methoxy groups -OCH3 is 1. The molecule has 1 amide bonds. The minimum absolute atomic E-state index is 0.0263. The molecule has 0 saturated carbocycles. The average molecular weight is 350 g/mol. The van der Waals surface area contributed by atoms with Crippen LogP contribution in [0.2, 0.25) is 0 Å². The first-order valence-electron chi connectivity index (χ1n) is 8.82. The molecule has 0 atom stereocenters. The van der Waals surface area contributed by atoms with Crippen molar-refractivity contribution < 1.29 is 9.53 Å². The zero-order valence-corrected chi connectivity index (χ0v) is 14.7. The zero-order valence-electron chi connectivity index (χ0n) is 14.7. The molecule has 1 aromatic carbocycles. The summed E-state index contributed by atoms with van der Waals surface area (Å²) in [4.78, 5) is 22.3. The van der Waals surface area contributed by atoms with Crippen LogP contribution in [0.5, 0.6) is 5.75 Å². The minimum atomic E-state index is 0.0263. The van der Waals surface area contributed by atoms with Gasteiger partial charge in [-0.05, 0) is 54.7 Å². The van der Waals surface area contributed by atoms with Gasteiger partial charge in [-0.3, -0.25) is 4.79 Å². The summed E-state index contributed by atoms with van der Waals surface area (Å²) in [6.07, 6.45) is 5.74. The van der Waals surface area contributed by atoms with Gasteiger partial charge in [0.15, 0.2) is 0 Å². The van der Waals surface area contributed by atoms with Crippen molar-refractivity contribution in [2.24, 2.45) is 0 Å². The third-order valence-corrected chi connectivity index (χ3v) is 5.18. The summed E-state index contributed by atoms with van der Waals surface area (Å²) in [5, 5.41) is 1.18. The molecule has 6 nitrogen and oxygen atoms in total. The number of pyridine rings is 1. The number of likely N-dealkylation sites (tertiary alicyclic amines) is 1. The van der Waals surface area contributed by atoms with E-state index in [-0.39, 0.29) is 5.91 Å². The number of hydrogen-bond acceptors (Lipinski definition) is 4. The Labute approximate surface area is 152 Å². The monoisotopic (exact) mass is 350 g/mol. The molecule has 134 valence electrons. The van der Waals surface area contributed by atoms with Crippen LogP contribution in [-0.2, 0) is 0 Å². The number of rotatable bonds is 3. The summed E-state index contributed by atoms with van der Waals surface area (Å²) in [5.74, 6) is 1.06. The first kappa shape index (κ1) is 16.4. The highest BCUT2D eigenvalue weighted by atomic mass is 16.5. The second-order valence-electron chi connectivity index (χ2n) is 6.67. The van der Waals surface area contributed by atoms with Gasteiger partial charge in [-0.1, -0.05) is 0 Å². The number of benzene rings is 1. The van der Waals surface area contributed by atoms with Gasteiger partial charge in [0.1, 0.15) is 11.4 Å². The molecule has 0 bridgehead atoms. The highest BCUT2D eigenvalue weighted by Gasteiger charge is 2.26. The van der Waals surface area contributed by atoms with Crippen molar-refractivity contribution in [2.45, 2.75) is 18.8 Å². The topological polar surface area (TPSA) is 84.2 Å². The molecule has 3 heterocycles. The van der Waals surface area contributed by atoms with E-state index in [1.54, 1.807) is 31.5 Å². The summed E-state index contributed by atoms with van der Waals surface area (Å²) >= 11 is 0. The molecule has 0 aliphatic carbocycles. The van der Waals surface area contributed by atoms with E-state index >= 15 is 0 Å². The maximum absolute atomic E-state index is 12.8. The van der Waals surface area contributed by atoms with Crippen LogP contribution in [0.4, 0.5) is 5.69 Å². The fraction of sp³-hybridized carbons (Fsp3) is 0.300. The number of aromatic nitrogens is 2. The number of fused-ring (bicyclic) bond motifs is 1. The number of nitrogens with two attached hydrogens (primary N) is 1. The van der Waals surface area contributed by atoms with Gasteiger partial charge in [-0.25, -0.2) is 4.98 Å². The Hall–Kier alpha value is -3.02. The number of carbonyl (C=O) groups excluding carboxylic acids is 1. The van der Waals surface area contributed by atoms with E-state index in [0.717, 1.165) is 31.6 Å². The van der Waals surface area contributed by atoms with Gasteiger partial charge in [0.2, 0.25) is 0 Å². The van der Waals surface area contributed by atoms with E-state index in [0.29, 0.717) is 22.9 Å². The molecule has 3 aromatic rings. The van der Waals surface area contributed by atoms with E-state index in [1.165, 1.54) is 10.9 Å². The van der Waals surface area contributed by atoms with E-state index in [4.69, 9.17) is 10.5 Å². The van der Waals surface area contributed by atoms with Gasteiger partial charge >= 0.3 is 0 Å². The molecule has 1 aliphatic rings. The first-order chi connectivity index (χ1) is 12.7. The predicted molar refractivity (Wildman–Crippen MR) is 101 cm³/mol. The Bertz CT molecular complexity index is 942. The molecule has 1 aliphatic heterocycles. The number of nitrogens with zero attached hydrogens (tertiary/aromatic N) is 2. The van der Waals surface area contributed by atoms with Crippen molar-refractivity contribution >= 4 is 22.6 Å². The molecule has 2 aromatic heterocycles. The normalized spacial score (nSPS) is 15.3. The predicted octanol–water partition coefficient (Wildman–Crippen LogP) is 3.17. The van der Waals surface area contributed by atoms with Crippen molar-refractivity contribution in [1.29, 1.82) is 0 Å². The number of nitrogen functional groups attached to an aromatic ring is 1. The zero-order chi connectivity index (χ0) is 18.1. The van der Waals surface area contributed by atoms with Crippen LogP contribution < -0.4 is 10.5 Å². The number of carbonyl (C=O) groups is 1. The number of piperidine rings is 1. The Morgan fingerprint density at radius 3 is 2.85 bits per heavy atom. The van der Waals surface area contributed by atoms with Crippen molar-refractivity contribution in [3.05, 3.63) is 53.9 Å². The standard InChI is InChI=1S/C20H22N4O2/c1-26-18-5-4-14(11-17(18)21)20(25)24-9-6-13(7-10-24)16-12-23-19-15(16)3-2-8-22-19/h2-5,8,11-13H,6-7,9-10,21H2,1H3,(H,22,23). The Morgan fingerprint density at radius 2 is 2.12 bits per heavy atom. The van der Waals surface area contributed by atoms with Crippen LogP contribution in [0.1, 0.15) is 34.7 Å². The number of H-pyrrole nitrogens is 1. The first-order valence-corrected chi connectivity index (χ1v) is 8.82. The molecule has 0 radical (unpaired) electrons. The average Bonchev–Trinajstić information content (AvgIpc) is 3.11. The van der Waals surface area contributed by atoms with Crippen LogP contribution in [0.15, 0.2) is 42.7 Å². The summed E-state index contributed by atoms with van der Waals surface area (Å²) in [6, 6.07) is 9.28. The lowest BCUT2D eigenvalue weighted by molar-refractivity contribution is 0.0713.